The van der Waals surface area contributed by atoms with Crippen molar-refractivity contribution in [1.29, 1.82) is 0 Å². The molecule has 23 heavy (non-hydrogen) atoms. The first-order valence-electron chi connectivity index (χ1n) is 6.89. The van der Waals surface area contributed by atoms with Gasteiger partial charge in [-0.2, -0.15) is 0 Å². The molecule has 0 saturated carbocycles. The highest BCUT2D eigenvalue weighted by atomic mass is 16.5. The van der Waals surface area contributed by atoms with E-state index in [1.54, 1.807) is 31.4 Å². The van der Waals surface area contributed by atoms with Crippen LogP contribution in [0, 0.1) is 0 Å². The molecule has 2 aromatic carbocycles. The van der Waals surface area contributed by atoms with Crippen molar-refractivity contribution >= 4 is 11.9 Å². The molecule has 0 saturated heterocycles. The van der Waals surface area contributed by atoms with Gasteiger partial charge in [0.1, 0.15) is 18.1 Å². The van der Waals surface area contributed by atoms with E-state index >= 15 is 0 Å². The van der Waals surface area contributed by atoms with Crippen LogP contribution < -0.4 is 10.5 Å². The third-order valence-corrected chi connectivity index (χ3v) is 3.29. The van der Waals surface area contributed by atoms with Gasteiger partial charge in [0.2, 0.25) is 5.91 Å². The second kappa shape index (κ2) is 7.31. The quantitative estimate of drug-likeness (QED) is 0.624. The molecule has 3 N–H and O–H groups in total. The van der Waals surface area contributed by atoms with Crippen LogP contribution in [0.3, 0.4) is 0 Å². The molecule has 6 nitrogen and oxygen atoms in total. The smallest absolute Gasteiger partial charge is 0.323 e. The molecule has 120 valence electrons. The van der Waals surface area contributed by atoms with Gasteiger partial charge in [-0.15, -0.1) is 0 Å². The Bertz CT molecular complexity index is 679. The number of rotatable bonds is 6. The van der Waals surface area contributed by atoms with Crippen LogP contribution >= 0.6 is 0 Å². The number of aromatic hydroxyl groups is 1. The lowest BCUT2D eigenvalue weighted by atomic mass is 9.98. The van der Waals surface area contributed by atoms with Crippen LogP contribution in [0.4, 0.5) is 0 Å². The van der Waals surface area contributed by atoms with Crippen molar-refractivity contribution in [1.82, 2.24) is 0 Å². The molecule has 0 radical (unpaired) electrons. The Hall–Kier alpha value is -3.02. The summed E-state index contributed by atoms with van der Waals surface area (Å²) in [5, 5.41) is 9.27. The zero-order valence-electron chi connectivity index (χ0n) is 12.6. The lowest BCUT2D eigenvalue weighted by molar-refractivity contribution is -0.149. The van der Waals surface area contributed by atoms with Gasteiger partial charge in [0.25, 0.3) is 0 Å². The summed E-state index contributed by atoms with van der Waals surface area (Å²) in [4.78, 5) is 23.7. The fourth-order valence-corrected chi connectivity index (χ4v) is 2.04. The van der Waals surface area contributed by atoms with Crippen molar-refractivity contribution in [3.05, 3.63) is 59.7 Å². The van der Waals surface area contributed by atoms with Crippen LogP contribution in [0.15, 0.2) is 48.5 Å². The normalized spacial score (nSPS) is 11.5. The molecule has 0 heterocycles. The molecular weight excluding hydrogens is 298 g/mol. The van der Waals surface area contributed by atoms with Gasteiger partial charge in [-0.3, -0.25) is 9.59 Å². The van der Waals surface area contributed by atoms with Crippen molar-refractivity contribution in [3.63, 3.8) is 0 Å². The van der Waals surface area contributed by atoms with E-state index in [0.717, 1.165) is 5.56 Å². The maximum absolute atomic E-state index is 12.2. The molecule has 2 aromatic rings. The summed E-state index contributed by atoms with van der Waals surface area (Å²) in [6, 6.07) is 12.7. The van der Waals surface area contributed by atoms with Gasteiger partial charge < -0.3 is 20.3 Å². The van der Waals surface area contributed by atoms with Crippen LogP contribution in [0.5, 0.6) is 11.5 Å². The first kappa shape index (κ1) is 16.4. The summed E-state index contributed by atoms with van der Waals surface area (Å²) in [5.74, 6) is -2.04. The third kappa shape index (κ3) is 4.23. The Labute approximate surface area is 133 Å². The van der Waals surface area contributed by atoms with Crippen molar-refractivity contribution in [2.75, 3.05) is 7.11 Å². The fraction of sp³-hybridized carbons (Fsp3) is 0.176. The Morgan fingerprint density at radius 1 is 1.09 bits per heavy atom. The van der Waals surface area contributed by atoms with Gasteiger partial charge in [0, 0.05) is 0 Å². The maximum Gasteiger partial charge on any atom is 0.323 e. The maximum atomic E-state index is 12.2. The number of amides is 1. The summed E-state index contributed by atoms with van der Waals surface area (Å²) >= 11 is 0. The van der Waals surface area contributed by atoms with Gasteiger partial charge in [-0.25, -0.2) is 0 Å². The number of nitrogens with two attached hydrogens (primary N) is 1. The number of hydrogen-bond donors (Lipinski definition) is 2. The largest absolute Gasteiger partial charge is 0.508 e. The second-order valence-electron chi connectivity index (χ2n) is 4.88. The van der Waals surface area contributed by atoms with E-state index in [2.05, 4.69) is 0 Å². The van der Waals surface area contributed by atoms with Crippen LogP contribution in [0.2, 0.25) is 0 Å². The lowest BCUT2D eigenvalue weighted by Gasteiger charge is -2.13. The van der Waals surface area contributed by atoms with E-state index in [1.807, 2.05) is 0 Å². The van der Waals surface area contributed by atoms with Crippen LogP contribution in [0.1, 0.15) is 17.0 Å². The van der Waals surface area contributed by atoms with E-state index in [0.29, 0.717) is 11.3 Å². The number of benzene rings is 2. The van der Waals surface area contributed by atoms with Gasteiger partial charge in [-0.1, -0.05) is 24.3 Å². The number of phenols is 1. The molecule has 2 rings (SSSR count). The molecule has 0 bridgehead atoms. The summed E-state index contributed by atoms with van der Waals surface area (Å²) in [6.07, 6.45) is 0. The molecule has 0 aliphatic rings. The minimum Gasteiger partial charge on any atom is -0.508 e. The average molecular weight is 315 g/mol. The van der Waals surface area contributed by atoms with Crippen LogP contribution in [-0.4, -0.2) is 24.1 Å². The molecule has 1 atom stereocenters. The monoisotopic (exact) mass is 315 g/mol. The molecular formula is C17H17NO5. The topological polar surface area (TPSA) is 98.9 Å². The standard InChI is InChI=1S/C17H17NO5/c1-22-14-8-2-11(3-9-14)10-23-17(21)15(16(18)20)12-4-6-13(19)7-5-12/h2-9,15,19H,10H2,1H3,(H2,18,20). The SMILES string of the molecule is COc1ccc(COC(=O)C(C(N)=O)c2ccc(O)cc2)cc1. The minimum absolute atomic E-state index is 0.0185. The molecule has 0 aromatic heterocycles. The molecule has 0 spiro atoms. The predicted octanol–water partition coefficient (Wildman–Crippen LogP) is 1.71. The van der Waals surface area contributed by atoms with Crippen molar-refractivity contribution in [3.8, 4) is 11.5 Å². The Morgan fingerprint density at radius 3 is 2.22 bits per heavy atom. The van der Waals surface area contributed by atoms with Crippen LogP contribution in [0.25, 0.3) is 0 Å². The third-order valence-electron chi connectivity index (χ3n) is 3.29. The van der Waals surface area contributed by atoms with Gasteiger partial charge >= 0.3 is 5.97 Å². The highest BCUT2D eigenvalue weighted by Gasteiger charge is 2.28. The van der Waals surface area contributed by atoms with Crippen molar-refractivity contribution in [2.45, 2.75) is 12.5 Å². The number of esters is 1. The number of ether oxygens (including phenoxy) is 2. The van der Waals surface area contributed by atoms with Gasteiger partial charge in [-0.05, 0) is 35.4 Å². The van der Waals surface area contributed by atoms with E-state index in [9.17, 15) is 14.7 Å². The predicted molar refractivity (Wildman–Crippen MR) is 82.8 cm³/mol. The first-order valence-corrected chi connectivity index (χ1v) is 6.89. The first-order chi connectivity index (χ1) is 11.0. The molecule has 0 aliphatic carbocycles. The van der Waals surface area contributed by atoms with E-state index in [-0.39, 0.29) is 12.4 Å². The van der Waals surface area contributed by atoms with Crippen molar-refractivity contribution < 1.29 is 24.2 Å². The Kier molecular flexibility index (Phi) is 5.19. The minimum atomic E-state index is -1.21. The summed E-state index contributed by atoms with van der Waals surface area (Å²) in [5.41, 5.74) is 6.42. The van der Waals surface area contributed by atoms with E-state index in [1.165, 1.54) is 24.3 Å². The average Bonchev–Trinajstić information content (AvgIpc) is 2.55. The lowest BCUT2D eigenvalue weighted by Crippen LogP contribution is -2.29. The molecule has 1 unspecified atom stereocenters. The molecule has 6 heteroatoms. The number of carbonyl (C=O) groups is 2. The molecule has 1 amide bonds. The molecule has 0 aliphatic heterocycles. The fourth-order valence-electron chi connectivity index (χ4n) is 2.04. The highest BCUT2D eigenvalue weighted by molar-refractivity contribution is 6.02. The highest BCUT2D eigenvalue weighted by Crippen LogP contribution is 2.21. The van der Waals surface area contributed by atoms with Crippen LogP contribution in [-0.2, 0) is 20.9 Å². The number of carbonyl (C=O) groups excluding carboxylic acids is 2. The number of primary amides is 1. The van der Waals surface area contributed by atoms with Gasteiger partial charge in [0.05, 0.1) is 7.11 Å². The number of methoxy groups -OCH3 is 1. The number of phenolic OH excluding ortho intramolecular Hbond substituents is 1. The Balaban J connectivity index is 2.06. The molecule has 0 fully saturated rings. The number of hydrogen-bond acceptors (Lipinski definition) is 5. The summed E-state index contributed by atoms with van der Waals surface area (Å²) in [6.45, 7) is 0.0185. The summed E-state index contributed by atoms with van der Waals surface area (Å²) in [7, 11) is 1.56. The zero-order chi connectivity index (χ0) is 16.8. The zero-order valence-corrected chi connectivity index (χ0v) is 12.6. The van der Waals surface area contributed by atoms with E-state index < -0.39 is 17.8 Å². The van der Waals surface area contributed by atoms with E-state index in [4.69, 9.17) is 15.2 Å². The van der Waals surface area contributed by atoms with Crippen molar-refractivity contribution in [2.24, 2.45) is 5.73 Å². The van der Waals surface area contributed by atoms with Gasteiger partial charge in [0.15, 0.2) is 5.92 Å². The summed E-state index contributed by atoms with van der Waals surface area (Å²) < 4.78 is 10.2. The Morgan fingerprint density at radius 2 is 1.70 bits per heavy atom. The second-order valence-corrected chi connectivity index (χ2v) is 4.88.